The van der Waals surface area contributed by atoms with Crippen molar-refractivity contribution in [2.75, 3.05) is 0 Å². The topological polar surface area (TPSA) is 81.9 Å². The highest BCUT2D eigenvalue weighted by atomic mass is 35.5. The molecule has 7 nitrogen and oxygen atoms in total. The minimum atomic E-state index is -0.00160. The average Bonchev–Trinajstić information content (AvgIpc) is 3.21. The molecule has 3 aromatic heterocycles. The van der Waals surface area contributed by atoms with E-state index in [1.165, 1.54) is 0 Å². The summed E-state index contributed by atoms with van der Waals surface area (Å²) in [6.45, 7) is 6.56. The molecule has 0 fully saturated rings. The Morgan fingerprint density at radius 3 is 2.79 bits per heavy atom. The van der Waals surface area contributed by atoms with Crippen molar-refractivity contribution in [3.63, 3.8) is 0 Å². The molecular weight excluding hydrogens is 450 g/mol. The molecular formula is C26H28ClN5O2. The van der Waals surface area contributed by atoms with Gasteiger partial charge in [-0.1, -0.05) is 37.6 Å². The Morgan fingerprint density at radius 2 is 2.06 bits per heavy atom. The lowest BCUT2D eigenvalue weighted by atomic mass is 10.0. The number of nitrogens with zero attached hydrogens (tertiary/aromatic N) is 4. The van der Waals surface area contributed by atoms with Crippen LogP contribution in [-0.4, -0.2) is 25.7 Å². The number of carbonyl (C=O) groups is 1. The van der Waals surface area contributed by atoms with Crippen LogP contribution in [0.25, 0.3) is 22.2 Å². The van der Waals surface area contributed by atoms with Crippen molar-refractivity contribution >= 4 is 28.4 Å². The number of aryl methyl sites for hydroxylation is 2. The number of hydrogen-bond donors (Lipinski definition) is 1. The number of pyridine rings is 2. The van der Waals surface area contributed by atoms with Crippen LogP contribution in [0.2, 0.25) is 5.02 Å². The lowest BCUT2D eigenvalue weighted by Gasteiger charge is -2.15. The van der Waals surface area contributed by atoms with Crippen LogP contribution in [0.3, 0.4) is 0 Å². The monoisotopic (exact) mass is 477 g/mol. The van der Waals surface area contributed by atoms with Gasteiger partial charge >= 0.3 is 0 Å². The van der Waals surface area contributed by atoms with Crippen molar-refractivity contribution < 1.29 is 9.53 Å². The van der Waals surface area contributed by atoms with Gasteiger partial charge in [0.2, 0.25) is 5.91 Å². The summed E-state index contributed by atoms with van der Waals surface area (Å²) in [6.07, 6.45) is 5.56. The molecule has 3 heterocycles. The number of amides is 1. The summed E-state index contributed by atoms with van der Waals surface area (Å²) in [4.78, 5) is 21.1. The molecule has 0 bridgehead atoms. The normalized spacial score (nSPS) is 11.2. The van der Waals surface area contributed by atoms with Gasteiger partial charge in [-0.2, -0.15) is 5.10 Å². The highest BCUT2D eigenvalue weighted by Crippen LogP contribution is 2.33. The van der Waals surface area contributed by atoms with Crippen molar-refractivity contribution in [3.05, 3.63) is 70.8 Å². The summed E-state index contributed by atoms with van der Waals surface area (Å²) >= 11 is 6.47. The third-order valence-corrected chi connectivity index (χ3v) is 5.89. The van der Waals surface area contributed by atoms with Crippen molar-refractivity contribution in [1.82, 2.24) is 25.1 Å². The number of fused-ring (bicyclic) bond motifs is 1. The molecule has 0 spiro atoms. The van der Waals surface area contributed by atoms with E-state index in [1.807, 2.05) is 56.8 Å². The largest absolute Gasteiger partial charge is 0.487 e. The molecule has 4 aromatic rings. The summed E-state index contributed by atoms with van der Waals surface area (Å²) in [5.74, 6) is 0.949. The third kappa shape index (κ3) is 5.20. The summed E-state index contributed by atoms with van der Waals surface area (Å²) in [7, 11) is 1.92. The predicted octanol–water partition coefficient (Wildman–Crippen LogP) is 5.23. The third-order valence-electron chi connectivity index (χ3n) is 5.56. The van der Waals surface area contributed by atoms with Gasteiger partial charge in [-0.05, 0) is 36.6 Å². The molecule has 0 saturated carbocycles. The lowest BCUT2D eigenvalue weighted by Crippen LogP contribution is -2.24. The van der Waals surface area contributed by atoms with Crippen molar-refractivity contribution in [3.8, 4) is 17.0 Å². The molecule has 1 amide bonds. The maximum Gasteiger partial charge on any atom is 0.220 e. The lowest BCUT2D eigenvalue weighted by molar-refractivity contribution is -0.121. The van der Waals surface area contributed by atoms with E-state index in [2.05, 4.69) is 21.5 Å². The molecule has 34 heavy (non-hydrogen) atoms. The molecule has 0 aliphatic heterocycles. The Hall–Kier alpha value is -3.45. The van der Waals surface area contributed by atoms with Crippen LogP contribution >= 0.6 is 11.6 Å². The highest BCUT2D eigenvalue weighted by Gasteiger charge is 2.15. The smallest absolute Gasteiger partial charge is 0.220 e. The molecule has 1 aromatic carbocycles. The number of ether oxygens (including phenoxy) is 1. The fraction of sp³-hybridized carbons (Fsp3) is 0.308. The molecule has 1 N–H and O–H groups in total. The van der Waals surface area contributed by atoms with E-state index >= 15 is 0 Å². The minimum absolute atomic E-state index is 0.00160. The molecule has 0 aliphatic rings. The van der Waals surface area contributed by atoms with Gasteiger partial charge in [0.15, 0.2) is 0 Å². The molecule has 4 rings (SSSR count). The number of benzene rings is 1. The maximum absolute atomic E-state index is 12.1. The zero-order chi connectivity index (χ0) is 24.2. The van der Waals surface area contributed by atoms with Gasteiger partial charge in [-0.3, -0.25) is 14.5 Å². The number of rotatable bonds is 8. The number of para-hydroxylation sites is 1. The van der Waals surface area contributed by atoms with E-state index in [9.17, 15) is 4.79 Å². The number of carbonyl (C=O) groups excluding carboxylic acids is 1. The number of halogens is 1. The zero-order valence-corrected chi connectivity index (χ0v) is 20.6. The van der Waals surface area contributed by atoms with E-state index in [0.717, 1.165) is 39.0 Å². The summed E-state index contributed by atoms with van der Waals surface area (Å²) in [6, 6.07) is 9.93. The fourth-order valence-corrected chi connectivity index (χ4v) is 4.15. The van der Waals surface area contributed by atoms with Gasteiger partial charge in [-0.15, -0.1) is 0 Å². The highest BCUT2D eigenvalue weighted by molar-refractivity contribution is 6.31. The first kappa shape index (κ1) is 23.7. The van der Waals surface area contributed by atoms with Gasteiger partial charge in [0, 0.05) is 60.8 Å². The molecule has 8 heteroatoms. The Bertz CT molecular complexity index is 1330. The second-order valence-corrected chi connectivity index (χ2v) is 9.13. The van der Waals surface area contributed by atoms with E-state index < -0.39 is 0 Å². The molecule has 176 valence electrons. The van der Waals surface area contributed by atoms with Crippen LogP contribution in [0.15, 0.2) is 48.9 Å². The van der Waals surface area contributed by atoms with E-state index in [4.69, 9.17) is 21.3 Å². The summed E-state index contributed by atoms with van der Waals surface area (Å²) in [5, 5.41) is 8.73. The van der Waals surface area contributed by atoms with Crippen LogP contribution < -0.4 is 10.1 Å². The van der Waals surface area contributed by atoms with Gasteiger partial charge in [0.05, 0.1) is 10.7 Å². The number of aromatic nitrogens is 4. The molecule has 0 aliphatic carbocycles. The SMILES string of the molecule is Cc1cc(-c2ccnn2C)c2cccc(OCc3c(Cl)cncc3CNC(=O)CC(C)C)c2n1. The van der Waals surface area contributed by atoms with Crippen molar-refractivity contribution in [1.29, 1.82) is 0 Å². The zero-order valence-electron chi connectivity index (χ0n) is 19.8. The first-order chi connectivity index (χ1) is 16.3. The van der Waals surface area contributed by atoms with Crippen LogP contribution in [0.1, 0.15) is 37.1 Å². The first-order valence-corrected chi connectivity index (χ1v) is 11.6. The van der Waals surface area contributed by atoms with E-state index in [0.29, 0.717) is 29.7 Å². The van der Waals surface area contributed by atoms with Gasteiger partial charge < -0.3 is 10.1 Å². The van der Waals surface area contributed by atoms with Crippen LogP contribution in [0, 0.1) is 12.8 Å². The first-order valence-electron chi connectivity index (χ1n) is 11.2. The van der Waals surface area contributed by atoms with Crippen LogP contribution in [0.5, 0.6) is 5.75 Å². The molecule has 0 saturated heterocycles. The summed E-state index contributed by atoms with van der Waals surface area (Å²) in [5.41, 5.74) is 5.32. The van der Waals surface area contributed by atoms with Crippen molar-refractivity contribution in [2.45, 2.75) is 40.3 Å². The predicted molar refractivity (Wildman–Crippen MR) is 134 cm³/mol. The Morgan fingerprint density at radius 1 is 1.24 bits per heavy atom. The van der Waals surface area contributed by atoms with Crippen LogP contribution in [0.4, 0.5) is 0 Å². The number of nitrogens with one attached hydrogen (secondary N) is 1. The minimum Gasteiger partial charge on any atom is -0.487 e. The molecule has 0 radical (unpaired) electrons. The number of hydrogen-bond acceptors (Lipinski definition) is 5. The molecule has 0 unspecified atom stereocenters. The van der Waals surface area contributed by atoms with Gasteiger partial charge in [-0.25, -0.2) is 4.98 Å². The standard InChI is InChI=1S/C26H28ClN5O2/c1-16(2)10-25(33)29-13-18-12-28-14-22(27)21(18)15-34-24-7-5-6-19-20(11-17(3)31-26(19)24)23-8-9-30-32(23)4/h5-9,11-12,14,16H,10,13,15H2,1-4H3,(H,29,33). The van der Waals surface area contributed by atoms with Gasteiger partial charge in [0.25, 0.3) is 0 Å². The van der Waals surface area contributed by atoms with E-state index in [-0.39, 0.29) is 12.5 Å². The molecule has 0 atom stereocenters. The second kappa shape index (κ2) is 10.2. The van der Waals surface area contributed by atoms with Crippen molar-refractivity contribution in [2.24, 2.45) is 13.0 Å². The average molecular weight is 478 g/mol. The quantitative estimate of drug-likeness (QED) is 0.375. The Kier molecular flexibility index (Phi) is 7.12. The maximum atomic E-state index is 12.1. The van der Waals surface area contributed by atoms with E-state index in [1.54, 1.807) is 18.6 Å². The summed E-state index contributed by atoms with van der Waals surface area (Å²) < 4.78 is 8.09. The van der Waals surface area contributed by atoms with Gasteiger partial charge in [0.1, 0.15) is 17.9 Å². The Labute approximate surface area is 204 Å². The second-order valence-electron chi connectivity index (χ2n) is 8.73. The van der Waals surface area contributed by atoms with Crippen LogP contribution in [-0.2, 0) is 25.0 Å². The fourth-order valence-electron chi connectivity index (χ4n) is 3.92. The Balaban J connectivity index is 1.62.